The molecule has 7 nitrogen and oxygen atoms in total. The van der Waals surface area contributed by atoms with Gasteiger partial charge in [0.05, 0.1) is 12.8 Å². The fraction of sp³-hybridized carbons (Fsp3) is 0.650. The maximum absolute atomic E-state index is 12.5. The first-order valence-electron chi connectivity index (χ1n) is 10.2. The molecule has 2 saturated heterocycles. The summed E-state index contributed by atoms with van der Waals surface area (Å²) in [6, 6.07) is 8.11. The van der Waals surface area contributed by atoms with E-state index in [0.717, 1.165) is 51.3 Å². The van der Waals surface area contributed by atoms with Crippen LogP contribution in [0.2, 0.25) is 0 Å². The van der Waals surface area contributed by atoms with Crippen molar-refractivity contribution >= 4 is 33.4 Å². The van der Waals surface area contributed by atoms with Gasteiger partial charge in [0.15, 0.2) is 0 Å². The van der Waals surface area contributed by atoms with Gasteiger partial charge in [0.25, 0.3) is 0 Å². The van der Waals surface area contributed by atoms with Crippen molar-refractivity contribution < 1.29 is 13.2 Å². The second-order valence-electron chi connectivity index (χ2n) is 8.00. The zero-order valence-electron chi connectivity index (χ0n) is 17.1. The number of carbonyl (C=O) groups excluding carboxylic acids is 1. The number of piperidine rings is 1. The molecule has 29 heavy (non-hydrogen) atoms. The van der Waals surface area contributed by atoms with Gasteiger partial charge in [0.1, 0.15) is 0 Å². The Bertz CT molecular complexity index is 782. The predicted molar refractivity (Wildman–Crippen MR) is 120 cm³/mol. The molecule has 2 heterocycles. The Kier molecular flexibility index (Phi) is 8.37. The van der Waals surface area contributed by atoms with Gasteiger partial charge in [-0.2, -0.15) is 11.8 Å². The molecule has 0 aliphatic carbocycles. The molecule has 1 aromatic carbocycles. The van der Waals surface area contributed by atoms with E-state index in [-0.39, 0.29) is 11.8 Å². The summed E-state index contributed by atoms with van der Waals surface area (Å²) in [5.74, 6) is 2.60. The molecule has 1 unspecified atom stereocenters. The highest BCUT2D eigenvalue weighted by atomic mass is 32.2. The predicted octanol–water partition coefficient (Wildman–Crippen LogP) is 1.44. The van der Waals surface area contributed by atoms with Gasteiger partial charge in [-0.1, -0.05) is 12.1 Å². The van der Waals surface area contributed by atoms with Crippen LogP contribution in [-0.4, -0.2) is 81.2 Å². The highest BCUT2D eigenvalue weighted by Crippen LogP contribution is 2.18. The van der Waals surface area contributed by atoms with Gasteiger partial charge in [0, 0.05) is 49.9 Å². The Balaban J connectivity index is 1.46. The van der Waals surface area contributed by atoms with E-state index >= 15 is 0 Å². The van der Waals surface area contributed by atoms with E-state index in [4.69, 9.17) is 0 Å². The number of hydrogen-bond acceptors (Lipinski definition) is 6. The number of nitrogens with one attached hydrogen (secondary N) is 2. The molecule has 0 saturated carbocycles. The van der Waals surface area contributed by atoms with Crippen LogP contribution in [0.25, 0.3) is 0 Å². The van der Waals surface area contributed by atoms with Gasteiger partial charge in [-0.05, 0) is 43.0 Å². The summed E-state index contributed by atoms with van der Waals surface area (Å²) in [6.45, 7) is 5.54. The minimum Gasteiger partial charge on any atom is -0.325 e. The molecular formula is C20H32N4O3S2. The number of likely N-dealkylation sites (tertiary alicyclic amines) is 1. The van der Waals surface area contributed by atoms with Crippen molar-refractivity contribution in [3.8, 4) is 0 Å². The molecule has 2 N–H and O–H groups in total. The maximum atomic E-state index is 12.5. The second-order valence-corrected chi connectivity index (χ2v) is 11.1. The van der Waals surface area contributed by atoms with Gasteiger partial charge < -0.3 is 5.32 Å². The summed E-state index contributed by atoms with van der Waals surface area (Å²) in [6.07, 6.45) is 3.14. The average molecular weight is 441 g/mol. The highest BCUT2D eigenvalue weighted by Gasteiger charge is 2.22. The third kappa shape index (κ3) is 8.25. The molecule has 0 bridgehead atoms. The summed E-state index contributed by atoms with van der Waals surface area (Å²) >= 11 is 2.00. The lowest BCUT2D eigenvalue weighted by Crippen LogP contribution is -2.43. The van der Waals surface area contributed by atoms with Gasteiger partial charge in [-0.15, -0.1) is 0 Å². The van der Waals surface area contributed by atoms with Crippen LogP contribution in [0.4, 0.5) is 5.69 Å². The molecule has 2 fully saturated rings. The van der Waals surface area contributed by atoms with Crippen LogP contribution in [0.1, 0.15) is 18.4 Å². The van der Waals surface area contributed by atoms with Crippen molar-refractivity contribution in [3.05, 3.63) is 29.8 Å². The molecule has 2 aliphatic heterocycles. The number of thioether (sulfide) groups is 1. The first-order chi connectivity index (χ1) is 13.9. The average Bonchev–Trinajstić information content (AvgIpc) is 2.67. The molecule has 1 amide bonds. The Morgan fingerprint density at radius 2 is 2.00 bits per heavy atom. The molecule has 0 aromatic heterocycles. The van der Waals surface area contributed by atoms with Crippen LogP contribution in [0.5, 0.6) is 0 Å². The van der Waals surface area contributed by atoms with Crippen molar-refractivity contribution in [3.63, 3.8) is 0 Å². The molecule has 0 radical (unpaired) electrons. The number of anilines is 1. The number of hydrogen-bond donors (Lipinski definition) is 2. The molecule has 0 spiro atoms. The van der Waals surface area contributed by atoms with Gasteiger partial charge in [0.2, 0.25) is 15.9 Å². The van der Waals surface area contributed by atoms with Crippen molar-refractivity contribution in [1.82, 2.24) is 14.5 Å². The third-order valence-electron chi connectivity index (χ3n) is 5.33. The molecule has 2 aliphatic rings. The zero-order valence-corrected chi connectivity index (χ0v) is 18.7. The van der Waals surface area contributed by atoms with E-state index in [9.17, 15) is 13.2 Å². The third-order valence-corrected chi connectivity index (χ3v) is 6.96. The number of rotatable bonds is 8. The monoisotopic (exact) mass is 440 g/mol. The normalized spacial score (nSPS) is 21.8. The van der Waals surface area contributed by atoms with E-state index in [1.807, 2.05) is 23.9 Å². The molecule has 162 valence electrons. The number of sulfonamides is 1. The Morgan fingerprint density at radius 1 is 1.21 bits per heavy atom. The number of amides is 1. The number of nitrogens with zero attached hydrogens (tertiary/aromatic N) is 2. The van der Waals surface area contributed by atoms with Crippen LogP contribution >= 0.6 is 11.8 Å². The Hall–Kier alpha value is -1.13. The standard InChI is InChI=1S/C20H32N4O3S2/c1-29(26,27)21-13-18-5-3-7-24(15-18)16-20(25)22-19-6-2-4-17(12-19)14-23-8-10-28-11-9-23/h2,4,6,12,18,21H,3,5,7-11,13-16H2,1H3,(H,22,25). The quantitative estimate of drug-likeness (QED) is 0.637. The van der Waals surface area contributed by atoms with Crippen LogP contribution in [0.3, 0.4) is 0 Å². The highest BCUT2D eigenvalue weighted by molar-refractivity contribution is 7.99. The lowest BCUT2D eigenvalue weighted by molar-refractivity contribution is -0.117. The van der Waals surface area contributed by atoms with Crippen LogP contribution < -0.4 is 10.0 Å². The topological polar surface area (TPSA) is 81.8 Å². The van der Waals surface area contributed by atoms with E-state index in [0.29, 0.717) is 13.1 Å². The fourth-order valence-electron chi connectivity index (χ4n) is 3.90. The van der Waals surface area contributed by atoms with Crippen LogP contribution in [0.15, 0.2) is 24.3 Å². The Labute approximate surface area is 178 Å². The van der Waals surface area contributed by atoms with Gasteiger partial charge in [-0.25, -0.2) is 13.1 Å². The van der Waals surface area contributed by atoms with E-state index in [2.05, 4.69) is 32.0 Å². The van der Waals surface area contributed by atoms with Gasteiger partial charge >= 0.3 is 0 Å². The van der Waals surface area contributed by atoms with Crippen molar-refractivity contribution in [2.45, 2.75) is 19.4 Å². The summed E-state index contributed by atoms with van der Waals surface area (Å²) in [5.41, 5.74) is 2.06. The summed E-state index contributed by atoms with van der Waals surface area (Å²) < 4.78 is 25.2. The van der Waals surface area contributed by atoms with E-state index in [1.54, 1.807) is 0 Å². The molecule has 3 rings (SSSR count). The number of benzene rings is 1. The largest absolute Gasteiger partial charge is 0.325 e. The summed E-state index contributed by atoms with van der Waals surface area (Å²) in [5, 5.41) is 3.02. The Morgan fingerprint density at radius 3 is 2.76 bits per heavy atom. The minimum atomic E-state index is -3.17. The molecule has 9 heteroatoms. The summed E-state index contributed by atoms with van der Waals surface area (Å²) in [7, 11) is -3.17. The van der Waals surface area contributed by atoms with Crippen LogP contribution in [0, 0.1) is 5.92 Å². The lowest BCUT2D eigenvalue weighted by Gasteiger charge is -2.32. The fourth-order valence-corrected chi connectivity index (χ4v) is 5.42. The number of carbonyl (C=O) groups is 1. The molecular weight excluding hydrogens is 408 g/mol. The smallest absolute Gasteiger partial charge is 0.238 e. The van der Waals surface area contributed by atoms with Gasteiger partial charge in [-0.3, -0.25) is 14.6 Å². The lowest BCUT2D eigenvalue weighted by atomic mass is 9.98. The van der Waals surface area contributed by atoms with Crippen molar-refractivity contribution in [1.29, 1.82) is 0 Å². The zero-order chi connectivity index (χ0) is 20.7. The van der Waals surface area contributed by atoms with E-state index in [1.165, 1.54) is 23.3 Å². The SMILES string of the molecule is CS(=O)(=O)NCC1CCCN(CC(=O)Nc2cccc(CN3CCSCC3)c2)C1. The summed E-state index contributed by atoms with van der Waals surface area (Å²) in [4.78, 5) is 17.1. The first kappa shape index (κ1) is 22.6. The van der Waals surface area contributed by atoms with Crippen molar-refractivity contribution in [2.75, 3.05) is 62.3 Å². The first-order valence-corrected chi connectivity index (χ1v) is 13.3. The van der Waals surface area contributed by atoms with Crippen molar-refractivity contribution in [2.24, 2.45) is 5.92 Å². The maximum Gasteiger partial charge on any atom is 0.238 e. The van der Waals surface area contributed by atoms with E-state index < -0.39 is 10.0 Å². The van der Waals surface area contributed by atoms with Crippen LogP contribution in [-0.2, 0) is 21.4 Å². The molecule has 1 aromatic rings. The second kappa shape index (κ2) is 10.8. The minimum absolute atomic E-state index is 0.0201. The molecule has 1 atom stereocenters.